The van der Waals surface area contributed by atoms with Crippen molar-refractivity contribution in [3.8, 4) is 0 Å². The largest absolute Gasteiger partial charge is 0.365 e. The number of hydrogen-bond donors (Lipinski definition) is 4. The normalized spacial score (nSPS) is 20.4. The molecule has 24 heavy (non-hydrogen) atoms. The number of nitrogens with zero attached hydrogens (tertiary/aromatic N) is 3. The lowest BCUT2D eigenvalue weighted by molar-refractivity contribution is 0.100. The highest BCUT2D eigenvalue weighted by Gasteiger charge is 2.23. The molecule has 0 spiro atoms. The summed E-state index contributed by atoms with van der Waals surface area (Å²) in [5, 5.41) is 6.35. The van der Waals surface area contributed by atoms with Gasteiger partial charge in [0, 0.05) is 36.4 Å². The van der Waals surface area contributed by atoms with Gasteiger partial charge in [0.25, 0.3) is 5.91 Å². The summed E-state index contributed by atoms with van der Waals surface area (Å²) in [6.45, 7) is 0. The fourth-order valence-corrected chi connectivity index (χ4v) is 2.80. The monoisotopic (exact) mass is 327 g/mol. The summed E-state index contributed by atoms with van der Waals surface area (Å²) in [6.07, 6.45) is 8.97. The van der Waals surface area contributed by atoms with Crippen LogP contribution in [0.4, 0.5) is 17.5 Å². The molecule has 6 N–H and O–H groups in total. The molecule has 1 saturated carbocycles. The van der Waals surface area contributed by atoms with Crippen molar-refractivity contribution in [3.63, 3.8) is 0 Å². The third-order valence-electron chi connectivity index (χ3n) is 4.13. The summed E-state index contributed by atoms with van der Waals surface area (Å²) < 4.78 is 0. The lowest BCUT2D eigenvalue weighted by Gasteiger charge is -2.29. The van der Waals surface area contributed by atoms with Gasteiger partial charge in [-0.25, -0.2) is 4.98 Å². The van der Waals surface area contributed by atoms with Crippen LogP contribution < -0.4 is 22.1 Å². The second-order valence-electron chi connectivity index (χ2n) is 5.88. The van der Waals surface area contributed by atoms with Gasteiger partial charge < -0.3 is 22.1 Å². The van der Waals surface area contributed by atoms with E-state index in [0.717, 1.165) is 31.4 Å². The molecule has 1 aliphatic rings. The second kappa shape index (κ2) is 7.22. The SMILES string of the molecule is NC(=O)c1cnc(NC2CCCCC2N)nc1Nc1ccncc1. The van der Waals surface area contributed by atoms with E-state index in [4.69, 9.17) is 11.5 Å². The van der Waals surface area contributed by atoms with Crippen molar-refractivity contribution in [1.29, 1.82) is 0 Å². The molecule has 8 heteroatoms. The zero-order valence-electron chi connectivity index (χ0n) is 13.3. The van der Waals surface area contributed by atoms with Crippen LogP contribution in [0.25, 0.3) is 0 Å². The Bertz CT molecular complexity index is 707. The maximum Gasteiger partial charge on any atom is 0.254 e. The first kappa shape index (κ1) is 16.1. The fourth-order valence-electron chi connectivity index (χ4n) is 2.80. The average molecular weight is 327 g/mol. The van der Waals surface area contributed by atoms with Gasteiger partial charge in [0.15, 0.2) is 0 Å². The first-order valence-electron chi connectivity index (χ1n) is 7.99. The van der Waals surface area contributed by atoms with E-state index in [1.54, 1.807) is 24.5 Å². The number of anilines is 3. The molecular weight excluding hydrogens is 306 g/mol. The molecule has 2 aromatic heterocycles. The van der Waals surface area contributed by atoms with Gasteiger partial charge in [-0.2, -0.15) is 4.98 Å². The lowest BCUT2D eigenvalue weighted by atomic mass is 9.91. The number of carbonyl (C=O) groups excluding carboxylic acids is 1. The maximum absolute atomic E-state index is 11.6. The van der Waals surface area contributed by atoms with Crippen LogP contribution in [0.5, 0.6) is 0 Å². The molecule has 126 valence electrons. The van der Waals surface area contributed by atoms with Gasteiger partial charge in [-0.05, 0) is 25.0 Å². The molecule has 1 aliphatic carbocycles. The summed E-state index contributed by atoms with van der Waals surface area (Å²) in [4.78, 5) is 24.2. The maximum atomic E-state index is 11.6. The average Bonchev–Trinajstić information content (AvgIpc) is 2.58. The topological polar surface area (TPSA) is 132 Å². The summed E-state index contributed by atoms with van der Waals surface area (Å²) in [6, 6.07) is 3.76. The summed E-state index contributed by atoms with van der Waals surface area (Å²) in [5.74, 6) is 0.196. The van der Waals surface area contributed by atoms with E-state index in [1.165, 1.54) is 6.20 Å². The molecule has 1 amide bonds. The zero-order valence-corrected chi connectivity index (χ0v) is 13.3. The van der Waals surface area contributed by atoms with Crippen molar-refractivity contribution in [2.45, 2.75) is 37.8 Å². The number of pyridine rings is 1. The summed E-state index contributed by atoms with van der Waals surface area (Å²) in [7, 11) is 0. The Balaban J connectivity index is 1.83. The molecule has 8 nitrogen and oxygen atoms in total. The lowest BCUT2D eigenvalue weighted by Crippen LogP contribution is -2.43. The molecule has 0 aromatic carbocycles. The highest BCUT2D eigenvalue weighted by molar-refractivity contribution is 5.98. The van der Waals surface area contributed by atoms with Crippen molar-refractivity contribution in [2.24, 2.45) is 11.5 Å². The van der Waals surface area contributed by atoms with Gasteiger partial charge in [0.2, 0.25) is 5.95 Å². The number of aromatic nitrogens is 3. The molecule has 2 heterocycles. The van der Waals surface area contributed by atoms with E-state index in [0.29, 0.717) is 11.8 Å². The van der Waals surface area contributed by atoms with Crippen LogP contribution in [0.3, 0.4) is 0 Å². The smallest absolute Gasteiger partial charge is 0.254 e. The molecule has 0 aliphatic heterocycles. The van der Waals surface area contributed by atoms with E-state index < -0.39 is 5.91 Å². The quantitative estimate of drug-likeness (QED) is 0.652. The number of carbonyl (C=O) groups is 1. The number of nitrogens with one attached hydrogen (secondary N) is 2. The molecule has 0 saturated heterocycles. The van der Waals surface area contributed by atoms with Gasteiger partial charge >= 0.3 is 0 Å². The van der Waals surface area contributed by atoms with Gasteiger partial charge in [0.05, 0.1) is 0 Å². The van der Waals surface area contributed by atoms with Crippen LogP contribution >= 0.6 is 0 Å². The van der Waals surface area contributed by atoms with Crippen LogP contribution in [0.1, 0.15) is 36.0 Å². The molecule has 0 bridgehead atoms. The molecule has 0 radical (unpaired) electrons. The van der Waals surface area contributed by atoms with Crippen LogP contribution in [-0.2, 0) is 0 Å². The number of rotatable bonds is 5. The van der Waals surface area contributed by atoms with Gasteiger partial charge in [0.1, 0.15) is 11.4 Å². The molecule has 2 atom stereocenters. The minimum absolute atomic E-state index is 0.0785. The van der Waals surface area contributed by atoms with Crippen molar-refractivity contribution >= 4 is 23.4 Å². The van der Waals surface area contributed by atoms with Crippen molar-refractivity contribution in [2.75, 3.05) is 10.6 Å². The van der Waals surface area contributed by atoms with Crippen LogP contribution in [0.15, 0.2) is 30.7 Å². The van der Waals surface area contributed by atoms with Crippen molar-refractivity contribution in [3.05, 3.63) is 36.3 Å². The van der Waals surface area contributed by atoms with Crippen LogP contribution in [-0.4, -0.2) is 32.9 Å². The van der Waals surface area contributed by atoms with E-state index in [1.807, 2.05) is 0 Å². The minimum atomic E-state index is -0.590. The first-order chi connectivity index (χ1) is 11.6. The van der Waals surface area contributed by atoms with Gasteiger partial charge in [-0.1, -0.05) is 12.8 Å². The van der Waals surface area contributed by atoms with Gasteiger partial charge in [-0.15, -0.1) is 0 Å². The highest BCUT2D eigenvalue weighted by atomic mass is 16.1. The van der Waals surface area contributed by atoms with E-state index in [-0.39, 0.29) is 17.6 Å². The third-order valence-corrected chi connectivity index (χ3v) is 4.13. The van der Waals surface area contributed by atoms with Crippen molar-refractivity contribution < 1.29 is 4.79 Å². The van der Waals surface area contributed by atoms with E-state index in [2.05, 4.69) is 25.6 Å². The Hall–Kier alpha value is -2.74. The molecule has 3 rings (SSSR count). The number of hydrogen-bond acceptors (Lipinski definition) is 7. The number of primary amides is 1. The standard InChI is InChI=1S/C16H21N7O/c17-12-3-1-2-4-13(12)22-16-20-9-11(14(18)24)15(23-16)21-10-5-7-19-8-6-10/h5-9,12-13H,1-4,17H2,(H2,18,24)(H2,19,20,21,22,23). The Kier molecular flexibility index (Phi) is 4.85. The predicted molar refractivity (Wildman–Crippen MR) is 91.9 cm³/mol. The Labute approximate surface area is 140 Å². The summed E-state index contributed by atoms with van der Waals surface area (Å²) >= 11 is 0. The molecule has 1 fully saturated rings. The molecule has 2 unspecified atom stereocenters. The van der Waals surface area contributed by atoms with Crippen LogP contribution in [0, 0.1) is 0 Å². The highest BCUT2D eigenvalue weighted by Crippen LogP contribution is 2.22. The van der Waals surface area contributed by atoms with Gasteiger partial charge in [-0.3, -0.25) is 9.78 Å². The third kappa shape index (κ3) is 3.77. The number of nitrogens with two attached hydrogens (primary N) is 2. The minimum Gasteiger partial charge on any atom is -0.365 e. The second-order valence-corrected chi connectivity index (χ2v) is 5.88. The van der Waals surface area contributed by atoms with Crippen LogP contribution in [0.2, 0.25) is 0 Å². The molecular formula is C16H21N7O. The predicted octanol–water partition coefficient (Wildman–Crippen LogP) is 1.40. The molecule has 2 aromatic rings. The zero-order chi connectivity index (χ0) is 16.9. The Morgan fingerprint density at radius 2 is 1.96 bits per heavy atom. The van der Waals surface area contributed by atoms with E-state index in [9.17, 15) is 4.79 Å². The van der Waals surface area contributed by atoms with Crippen molar-refractivity contribution in [1.82, 2.24) is 15.0 Å². The Morgan fingerprint density at radius 1 is 1.21 bits per heavy atom. The van der Waals surface area contributed by atoms with E-state index >= 15 is 0 Å². The fraction of sp³-hybridized carbons (Fsp3) is 0.375. The summed E-state index contributed by atoms with van der Waals surface area (Å²) in [5.41, 5.74) is 12.5. The number of amides is 1. The Morgan fingerprint density at radius 3 is 2.67 bits per heavy atom. The first-order valence-corrected chi connectivity index (χ1v) is 7.99.